The van der Waals surface area contributed by atoms with Gasteiger partial charge in [-0.1, -0.05) is 80.6 Å². The number of carbonyl (C=O) groups is 14. The number of aliphatic hydroxyl groups is 2. The number of aliphatic carboxylic acids is 1. The molecule has 3 aromatic rings. The largest absolute Gasteiger partial charge is 0.481 e. The number of aliphatic hydroxyl groups excluding tert-OH is 1. The Balaban J connectivity index is 0.960. The SMILES string of the molecule is CC(=O)O[C@H]1C(=O)[C@@]2(C)[C@H]([C@H](OC(=O)c3ccccc3)[C@]3(O)C[C@H](OC(=O)[C@H](OC(=O)CCC(=O)NC[C@@H]4C[C@@H]5CC[C@H]6C(=O)N[C@@H](CCCN=C(N)N)C(=O)NCC(=O)N[C@@H](CC(=O)O)C(=O)N[C@H]4C(=O)N56)[C@@H](NC(=O)c4ccccc4)c4ccccc4)C(C)=C1C3(C)C)[C@]1(OC(C)=O)CO[C@@H]1C[C@@H]2O. The zero-order valence-corrected chi connectivity index (χ0v) is 59.2. The van der Waals surface area contributed by atoms with Gasteiger partial charge in [-0.25, -0.2) is 9.59 Å². The molecule has 0 spiro atoms. The van der Waals surface area contributed by atoms with E-state index in [0.29, 0.717) is 0 Å². The molecule has 4 aliphatic heterocycles. The van der Waals surface area contributed by atoms with Crippen molar-refractivity contribution in [2.24, 2.45) is 39.1 Å². The van der Waals surface area contributed by atoms with E-state index in [2.05, 4.69) is 36.9 Å². The molecule has 4 heterocycles. The number of nitrogens with one attached hydrogen (secondary N) is 6. The summed E-state index contributed by atoms with van der Waals surface area (Å²) in [5.41, 5.74) is 2.36. The van der Waals surface area contributed by atoms with Crippen LogP contribution >= 0.6 is 0 Å². The summed E-state index contributed by atoms with van der Waals surface area (Å²) in [6.45, 7) is 6.33. The number of piperidine rings is 1. The van der Waals surface area contributed by atoms with E-state index >= 15 is 9.59 Å². The third-order valence-corrected chi connectivity index (χ3v) is 21.5. The molecular weight excluding hydrogens is 1380 g/mol. The number of amides is 7. The van der Waals surface area contributed by atoms with E-state index in [1.54, 1.807) is 54.6 Å². The van der Waals surface area contributed by atoms with Gasteiger partial charge in [0.25, 0.3) is 5.91 Å². The van der Waals surface area contributed by atoms with Crippen molar-refractivity contribution in [3.05, 3.63) is 119 Å². The Hall–Kier alpha value is -10.7. The van der Waals surface area contributed by atoms with Crippen LogP contribution in [0.3, 0.4) is 0 Å². The maximum Gasteiger partial charge on any atom is 0.350 e. The predicted octanol–water partition coefficient (Wildman–Crippen LogP) is -0.325. The van der Waals surface area contributed by atoms with Crippen molar-refractivity contribution in [3.63, 3.8) is 0 Å². The number of nitrogens with zero attached hydrogens (tertiary/aromatic N) is 2. The van der Waals surface area contributed by atoms with Crippen LogP contribution in [0.25, 0.3) is 0 Å². The molecule has 33 nitrogen and oxygen atoms in total. The summed E-state index contributed by atoms with van der Waals surface area (Å²) < 4.78 is 37.1. The zero-order valence-electron chi connectivity index (χ0n) is 59.2. The number of guanidine groups is 1. The maximum atomic E-state index is 16.0. The lowest BCUT2D eigenvalue weighted by molar-refractivity contribution is -0.346. The summed E-state index contributed by atoms with van der Waals surface area (Å²) in [6, 6.07) is 14.9. The van der Waals surface area contributed by atoms with E-state index in [0.717, 1.165) is 13.8 Å². The number of aliphatic imine (C=N–C) groups is 1. The smallest absolute Gasteiger partial charge is 0.350 e. The first-order valence-corrected chi connectivity index (χ1v) is 35.0. The first-order chi connectivity index (χ1) is 50.2. The summed E-state index contributed by atoms with van der Waals surface area (Å²) in [4.78, 5) is 204. The number of benzene rings is 3. The topological polar surface area (TPSA) is 495 Å². The lowest BCUT2D eigenvalue weighted by Gasteiger charge is -2.67. The third kappa shape index (κ3) is 16.0. The Bertz CT molecular complexity index is 4020. The van der Waals surface area contributed by atoms with Crippen LogP contribution in [0.15, 0.2) is 107 Å². The molecule has 106 heavy (non-hydrogen) atoms. The molecule has 2 saturated carbocycles. The molecule has 17 atom stereocenters. The Morgan fingerprint density at radius 2 is 1.44 bits per heavy atom. The number of esters is 5. The van der Waals surface area contributed by atoms with Crippen LogP contribution in [-0.2, 0) is 86.0 Å². The fraction of sp³-hybridized carbons (Fsp3) is 0.521. The van der Waals surface area contributed by atoms with Crippen molar-refractivity contribution in [1.29, 1.82) is 0 Å². The van der Waals surface area contributed by atoms with Crippen molar-refractivity contribution in [2.75, 3.05) is 26.2 Å². The molecule has 568 valence electrons. The van der Waals surface area contributed by atoms with Gasteiger partial charge in [0.05, 0.1) is 49.0 Å². The van der Waals surface area contributed by atoms with E-state index in [-0.39, 0.29) is 85.4 Å². The van der Waals surface area contributed by atoms with Gasteiger partial charge in [0.1, 0.15) is 54.1 Å². The van der Waals surface area contributed by atoms with Crippen LogP contribution in [0.5, 0.6) is 0 Å². The highest BCUT2D eigenvalue weighted by Crippen LogP contribution is 2.64. The summed E-state index contributed by atoms with van der Waals surface area (Å²) in [5.74, 6) is -17.1. The van der Waals surface area contributed by atoms with Crippen LogP contribution in [-0.4, -0.2) is 213 Å². The lowest BCUT2D eigenvalue weighted by atomic mass is 9.44. The number of ether oxygens (including phenoxy) is 6. The van der Waals surface area contributed by atoms with Crippen LogP contribution in [0.1, 0.15) is 138 Å². The minimum absolute atomic E-state index is 0.000515. The Morgan fingerprint density at radius 1 is 0.783 bits per heavy atom. The maximum absolute atomic E-state index is 16.0. The molecule has 3 aliphatic carbocycles. The number of nitrogens with two attached hydrogens (primary N) is 2. The standard InChI is InChI=1S/C73H88N10O23/c1-36-47(32-73(100)61(105-67(98)41-21-14-9-15-22-41)59-71(6,48(86)31-49-72(59,35-101-49)106-38(3)85)60(92)57(102-37(2)84)54(36)70(73,4)5)103-68(99)58(55(39-17-10-7-11-18-39)81-62(93)40-19-12-8-13-20-40)104-53(91)27-26-50(87)77-33-42-29-43-24-25-46-65(96)80-44(23-16-28-76-69(74)75)63(94)78-34-51(88)79-45(30-52(89)90)64(95)82-56(42)66(97)83(43)46/h7-15,17-22,42-49,55-59,61,86,100H,16,23-35H2,1-6H3,(H,77,87)(H,78,94)(H,79,88)(H,80,96)(H,81,93)(H,82,95)(H,89,90)(H4,74,75,76)/t42-,43-,44-,45-,46-,47-,48-,49+,55-,56+,57+,58+,59-,61-,71+,72-,73+/m0/s1. The van der Waals surface area contributed by atoms with Crippen molar-refractivity contribution >= 4 is 88.9 Å². The number of carbonyl (C=O) groups excluding carboxylic acids is 13. The molecule has 33 heteroatoms. The number of hydrogen-bond acceptors (Lipinski definition) is 23. The minimum atomic E-state index is -2.62. The monoisotopic (exact) mass is 1470 g/mol. The van der Waals surface area contributed by atoms with E-state index in [1.165, 1.54) is 69.0 Å². The molecule has 10 rings (SSSR count). The van der Waals surface area contributed by atoms with Gasteiger partial charge < -0.3 is 92.0 Å². The third-order valence-electron chi connectivity index (χ3n) is 21.5. The van der Waals surface area contributed by atoms with Crippen LogP contribution in [0.2, 0.25) is 0 Å². The Kier molecular flexibility index (Phi) is 23.5. The van der Waals surface area contributed by atoms with Crippen LogP contribution in [0, 0.1) is 22.7 Å². The average molecular weight is 1470 g/mol. The number of carboxylic acid groups (broad SMARTS) is 1. The molecule has 4 saturated heterocycles. The van der Waals surface area contributed by atoms with E-state index < -0.39 is 229 Å². The van der Waals surface area contributed by atoms with Gasteiger partial charge in [-0.3, -0.25) is 62.5 Å². The van der Waals surface area contributed by atoms with Gasteiger partial charge in [-0.15, -0.1) is 0 Å². The highest BCUT2D eigenvalue weighted by atomic mass is 16.6. The van der Waals surface area contributed by atoms with Gasteiger partial charge in [0.15, 0.2) is 23.4 Å². The molecular formula is C73H88N10O23. The van der Waals surface area contributed by atoms with Gasteiger partial charge in [0, 0.05) is 69.1 Å². The Labute approximate surface area is 608 Å². The minimum Gasteiger partial charge on any atom is -0.481 e. The second kappa shape index (κ2) is 32.0. The number of hydrogen-bond donors (Lipinski definition) is 11. The van der Waals surface area contributed by atoms with Crippen LogP contribution in [0.4, 0.5) is 0 Å². The second-order valence-corrected chi connectivity index (χ2v) is 28.5. The highest BCUT2D eigenvalue weighted by Gasteiger charge is 2.78. The van der Waals surface area contributed by atoms with Crippen molar-refractivity contribution in [2.45, 2.75) is 190 Å². The van der Waals surface area contributed by atoms with E-state index in [9.17, 15) is 72.9 Å². The highest BCUT2D eigenvalue weighted by molar-refractivity contribution is 6.00. The van der Waals surface area contributed by atoms with Crippen molar-refractivity contribution in [3.8, 4) is 0 Å². The van der Waals surface area contributed by atoms with Crippen molar-refractivity contribution in [1.82, 2.24) is 36.8 Å². The second-order valence-electron chi connectivity index (χ2n) is 28.5. The fourth-order valence-electron chi connectivity index (χ4n) is 16.2. The number of carboxylic acids is 1. The Morgan fingerprint density at radius 3 is 2.07 bits per heavy atom. The summed E-state index contributed by atoms with van der Waals surface area (Å²) in [6.07, 6.45) is -13.9. The van der Waals surface area contributed by atoms with Gasteiger partial charge in [-0.2, -0.15) is 0 Å². The van der Waals surface area contributed by atoms with Gasteiger partial charge in [0.2, 0.25) is 41.5 Å². The molecule has 0 aromatic heterocycles. The van der Waals surface area contributed by atoms with Gasteiger partial charge >= 0.3 is 35.8 Å². The van der Waals surface area contributed by atoms with Crippen molar-refractivity contribution < 1.29 is 111 Å². The van der Waals surface area contributed by atoms with Gasteiger partial charge in [-0.05, 0) is 86.9 Å². The number of ketones is 1. The molecule has 7 amide bonds. The quantitative estimate of drug-likeness (QED) is 0.0153. The first-order valence-electron chi connectivity index (χ1n) is 35.0. The molecule has 3 aromatic carbocycles. The average Bonchev–Trinajstić information content (AvgIpc) is 0.686. The molecule has 4 bridgehead atoms. The summed E-state index contributed by atoms with van der Waals surface area (Å²) in [5, 5.41) is 51.8. The fourth-order valence-corrected chi connectivity index (χ4v) is 16.2. The van der Waals surface area contributed by atoms with E-state index in [4.69, 9.17) is 39.9 Å². The first kappa shape index (κ1) is 77.9. The predicted molar refractivity (Wildman–Crippen MR) is 367 cm³/mol. The number of rotatable bonds is 22. The molecule has 13 N–H and O–H groups in total. The van der Waals surface area contributed by atoms with E-state index in [1.807, 2.05) is 0 Å². The summed E-state index contributed by atoms with van der Waals surface area (Å²) >= 11 is 0. The molecule has 0 radical (unpaired) electrons. The lowest BCUT2D eigenvalue weighted by Crippen LogP contribution is -2.82. The zero-order chi connectivity index (χ0) is 76.9. The number of Topliss-reactive ketones (excluding diaryl/α,β-unsaturated/α-hetero) is 1. The normalized spacial score (nSPS) is 30.2. The molecule has 0 unspecified atom stereocenters. The van der Waals surface area contributed by atoms with Crippen LogP contribution < -0.4 is 43.4 Å². The molecule has 7 aliphatic rings. The number of fused-ring (bicyclic) bond motifs is 6. The summed E-state index contributed by atoms with van der Waals surface area (Å²) in [7, 11) is 0. The molecule has 6 fully saturated rings.